The zero-order valence-corrected chi connectivity index (χ0v) is 18.8. The summed E-state index contributed by atoms with van der Waals surface area (Å²) in [6, 6.07) is 27.9. The lowest BCUT2D eigenvalue weighted by atomic mass is 10.0. The van der Waals surface area contributed by atoms with Crippen molar-refractivity contribution in [2.75, 3.05) is 0 Å². The molecule has 1 aromatic heterocycles. The maximum absolute atomic E-state index is 13.0. The summed E-state index contributed by atoms with van der Waals surface area (Å²) in [7, 11) is 0. The Balaban J connectivity index is 1.71. The quantitative estimate of drug-likeness (QED) is 0.394. The largest absolute Gasteiger partial charge is 0.342 e. The van der Waals surface area contributed by atoms with Crippen molar-refractivity contribution in [3.8, 4) is 11.3 Å². The summed E-state index contributed by atoms with van der Waals surface area (Å²) in [6.07, 6.45) is 2.09. The van der Waals surface area contributed by atoms with E-state index in [2.05, 4.69) is 54.2 Å². The molecule has 162 valence electrons. The Bertz CT molecular complexity index is 1160. The first-order chi connectivity index (χ1) is 15.5. The highest BCUT2D eigenvalue weighted by molar-refractivity contribution is 5.94. The predicted molar refractivity (Wildman–Crippen MR) is 129 cm³/mol. The molecule has 0 saturated carbocycles. The maximum Gasteiger partial charge on any atom is 0.251 e. The van der Waals surface area contributed by atoms with Crippen molar-refractivity contribution < 1.29 is 4.79 Å². The molecule has 0 radical (unpaired) electrons. The summed E-state index contributed by atoms with van der Waals surface area (Å²) in [5.41, 5.74) is 4.95. The molecule has 1 unspecified atom stereocenters. The topological polar surface area (TPSA) is 46.9 Å². The standard InChI is InChI=1S/C28H29N3O/c1-20(2)26(30-28(32)24-16-14-21(3)15-17-24)27-29-25(23-12-8-5-9-13-23)19-31(27)18-22-10-6-4-7-11-22/h4-17,19-20,26H,18H2,1-3H3,(H,30,32). The van der Waals surface area contributed by atoms with Gasteiger partial charge in [0.25, 0.3) is 5.91 Å². The molecule has 0 aliphatic carbocycles. The van der Waals surface area contributed by atoms with E-state index >= 15 is 0 Å². The van der Waals surface area contributed by atoms with Crippen LogP contribution in [0.15, 0.2) is 91.1 Å². The van der Waals surface area contributed by atoms with Crippen molar-refractivity contribution in [3.05, 3.63) is 114 Å². The number of benzene rings is 3. The van der Waals surface area contributed by atoms with Crippen LogP contribution in [0, 0.1) is 12.8 Å². The van der Waals surface area contributed by atoms with E-state index in [1.54, 1.807) is 0 Å². The Kier molecular flexibility index (Phi) is 6.50. The molecule has 0 fully saturated rings. The third-order valence-electron chi connectivity index (χ3n) is 5.62. The summed E-state index contributed by atoms with van der Waals surface area (Å²) in [5.74, 6) is 0.951. The molecule has 0 saturated heterocycles. The van der Waals surface area contributed by atoms with Crippen molar-refractivity contribution in [3.63, 3.8) is 0 Å². The number of imidazole rings is 1. The number of carbonyl (C=O) groups is 1. The van der Waals surface area contributed by atoms with Crippen LogP contribution in [-0.4, -0.2) is 15.5 Å². The minimum Gasteiger partial charge on any atom is -0.342 e. The van der Waals surface area contributed by atoms with Gasteiger partial charge in [-0.3, -0.25) is 4.79 Å². The van der Waals surface area contributed by atoms with Crippen molar-refractivity contribution in [1.82, 2.24) is 14.9 Å². The lowest BCUT2D eigenvalue weighted by Gasteiger charge is -2.23. The van der Waals surface area contributed by atoms with Gasteiger partial charge in [-0.05, 0) is 30.5 Å². The first kappa shape index (κ1) is 21.6. The smallest absolute Gasteiger partial charge is 0.251 e. The Morgan fingerprint density at radius 1 is 0.906 bits per heavy atom. The molecule has 4 nitrogen and oxygen atoms in total. The molecule has 0 aliphatic rings. The second kappa shape index (κ2) is 9.65. The van der Waals surface area contributed by atoms with Crippen molar-refractivity contribution in [2.24, 2.45) is 5.92 Å². The summed E-state index contributed by atoms with van der Waals surface area (Å²) >= 11 is 0. The molecule has 1 N–H and O–H groups in total. The van der Waals surface area contributed by atoms with Crippen LogP contribution in [0.2, 0.25) is 0 Å². The molecular weight excluding hydrogens is 394 g/mol. The van der Waals surface area contributed by atoms with Crippen LogP contribution in [0.3, 0.4) is 0 Å². The van der Waals surface area contributed by atoms with E-state index in [1.165, 1.54) is 5.56 Å². The Morgan fingerprint density at radius 2 is 1.53 bits per heavy atom. The third kappa shape index (κ3) is 4.97. The lowest BCUT2D eigenvalue weighted by Crippen LogP contribution is -2.33. The average Bonchev–Trinajstić information content (AvgIpc) is 3.22. The number of nitrogens with zero attached hydrogens (tertiary/aromatic N) is 2. The van der Waals surface area contributed by atoms with Gasteiger partial charge in [0.05, 0.1) is 11.7 Å². The second-order valence-corrected chi connectivity index (χ2v) is 8.53. The molecule has 1 amide bonds. The fraction of sp³-hybridized carbons (Fsp3) is 0.214. The molecular formula is C28H29N3O. The Labute approximate surface area is 190 Å². The molecule has 1 heterocycles. The normalized spacial score (nSPS) is 12.0. The summed E-state index contributed by atoms with van der Waals surface area (Å²) in [5, 5.41) is 3.24. The van der Waals surface area contributed by atoms with Crippen LogP contribution in [-0.2, 0) is 6.54 Å². The lowest BCUT2D eigenvalue weighted by molar-refractivity contribution is 0.0922. The molecule has 0 bridgehead atoms. The summed E-state index contributed by atoms with van der Waals surface area (Å²) < 4.78 is 2.16. The van der Waals surface area contributed by atoms with Gasteiger partial charge in [-0.1, -0.05) is 92.2 Å². The Morgan fingerprint density at radius 3 is 2.16 bits per heavy atom. The molecule has 4 aromatic rings. The fourth-order valence-corrected chi connectivity index (χ4v) is 3.79. The van der Waals surface area contributed by atoms with Gasteiger partial charge in [0.15, 0.2) is 0 Å². The summed E-state index contributed by atoms with van der Waals surface area (Å²) in [4.78, 5) is 18.0. The van der Waals surface area contributed by atoms with E-state index in [0.29, 0.717) is 12.1 Å². The van der Waals surface area contributed by atoms with Gasteiger partial charge in [-0.2, -0.15) is 0 Å². The highest BCUT2D eigenvalue weighted by Crippen LogP contribution is 2.27. The van der Waals surface area contributed by atoms with E-state index in [0.717, 1.165) is 22.6 Å². The molecule has 4 heteroatoms. The number of hydrogen-bond acceptors (Lipinski definition) is 2. The fourth-order valence-electron chi connectivity index (χ4n) is 3.79. The number of amides is 1. The van der Waals surface area contributed by atoms with Gasteiger partial charge in [0.1, 0.15) is 5.82 Å². The molecule has 0 aliphatic heterocycles. The van der Waals surface area contributed by atoms with E-state index in [4.69, 9.17) is 4.98 Å². The molecule has 4 rings (SSSR count). The van der Waals surface area contributed by atoms with E-state index < -0.39 is 0 Å². The first-order valence-corrected chi connectivity index (χ1v) is 11.0. The van der Waals surface area contributed by atoms with Crippen LogP contribution < -0.4 is 5.32 Å². The van der Waals surface area contributed by atoms with Gasteiger partial charge in [-0.25, -0.2) is 4.98 Å². The van der Waals surface area contributed by atoms with Crippen molar-refractivity contribution in [1.29, 1.82) is 0 Å². The monoisotopic (exact) mass is 423 g/mol. The van der Waals surface area contributed by atoms with Crippen molar-refractivity contribution in [2.45, 2.75) is 33.4 Å². The van der Waals surface area contributed by atoms with Crippen LogP contribution in [0.25, 0.3) is 11.3 Å². The molecule has 32 heavy (non-hydrogen) atoms. The number of carbonyl (C=O) groups excluding carboxylic acids is 1. The van der Waals surface area contributed by atoms with E-state index in [-0.39, 0.29) is 17.9 Å². The molecule has 0 spiro atoms. The van der Waals surface area contributed by atoms with Gasteiger partial charge >= 0.3 is 0 Å². The zero-order valence-electron chi connectivity index (χ0n) is 18.8. The SMILES string of the molecule is Cc1ccc(C(=O)NC(c2nc(-c3ccccc3)cn2Cc2ccccc2)C(C)C)cc1. The average molecular weight is 424 g/mol. The minimum atomic E-state index is -0.218. The minimum absolute atomic E-state index is 0.0841. The Hall–Kier alpha value is -3.66. The van der Waals surface area contributed by atoms with Crippen molar-refractivity contribution >= 4 is 5.91 Å². The zero-order chi connectivity index (χ0) is 22.5. The number of nitrogens with one attached hydrogen (secondary N) is 1. The van der Waals surface area contributed by atoms with E-state index in [1.807, 2.05) is 67.6 Å². The van der Waals surface area contributed by atoms with Gasteiger partial charge < -0.3 is 9.88 Å². The van der Waals surface area contributed by atoms with Crippen LogP contribution in [0.4, 0.5) is 0 Å². The number of aromatic nitrogens is 2. The molecule has 1 atom stereocenters. The van der Waals surface area contributed by atoms with Gasteiger partial charge in [0.2, 0.25) is 0 Å². The first-order valence-electron chi connectivity index (χ1n) is 11.0. The predicted octanol–water partition coefficient (Wildman–Crippen LogP) is 6.03. The highest BCUT2D eigenvalue weighted by atomic mass is 16.1. The summed E-state index contributed by atoms with van der Waals surface area (Å²) in [6.45, 7) is 6.94. The number of aryl methyl sites for hydroxylation is 1. The van der Waals surface area contributed by atoms with Crippen LogP contribution in [0.5, 0.6) is 0 Å². The van der Waals surface area contributed by atoms with Crippen LogP contribution >= 0.6 is 0 Å². The van der Waals surface area contributed by atoms with Crippen LogP contribution in [0.1, 0.15) is 47.2 Å². The number of hydrogen-bond donors (Lipinski definition) is 1. The number of rotatable bonds is 7. The van der Waals surface area contributed by atoms with Gasteiger partial charge in [-0.15, -0.1) is 0 Å². The van der Waals surface area contributed by atoms with E-state index in [9.17, 15) is 4.79 Å². The highest BCUT2D eigenvalue weighted by Gasteiger charge is 2.25. The second-order valence-electron chi connectivity index (χ2n) is 8.53. The van der Waals surface area contributed by atoms with Gasteiger partial charge in [0, 0.05) is 23.9 Å². The molecule has 3 aromatic carbocycles. The maximum atomic E-state index is 13.0. The third-order valence-corrected chi connectivity index (χ3v) is 5.62.